The van der Waals surface area contributed by atoms with Crippen LogP contribution in [0, 0.1) is 12.8 Å². The predicted octanol–water partition coefficient (Wildman–Crippen LogP) is 4.83. The van der Waals surface area contributed by atoms with Gasteiger partial charge >= 0.3 is 11.9 Å². The molecule has 0 radical (unpaired) electrons. The van der Waals surface area contributed by atoms with Crippen molar-refractivity contribution in [3.05, 3.63) is 64.7 Å². The van der Waals surface area contributed by atoms with E-state index in [2.05, 4.69) is 0 Å². The second kappa shape index (κ2) is 9.64. The minimum atomic E-state index is -0.976. The lowest BCUT2D eigenvalue weighted by atomic mass is 9.98. The number of carbonyl (C=O) groups is 2. The van der Waals surface area contributed by atoms with Crippen molar-refractivity contribution in [2.45, 2.75) is 23.5 Å². The van der Waals surface area contributed by atoms with Crippen LogP contribution < -0.4 is 0 Å². The third-order valence-electron chi connectivity index (χ3n) is 3.96. The van der Waals surface area contributed by atoms with Gasteiger partial charge in [0.2, 0.25) is 0 Å². The van der Waals surface area contributed by atoms with Crippen molar-refractivity contribution in [3.8, 4) is 0 Å². The Bertz CT molecular complexity index is 727. The number of esters is 2. The second-order valence-electron chi connectivity index (χ2n) is 5.81. The molecule has 0 saturated carbocycles. The van der Waals surface area contributed by atoms with Gasteiger partial charge in [0.05, 0.1) is 14.2 Å². The number of thioether (sulfide) groups is 1. The van der Waals surface area contributed by atoms with Crippen LogP contribution in [-0.4, -0.2) is 26.2 Å². The van der Waals surface area contributed by atoms with Gasteiger partial charge in [-0.1, -0.05) is 41.4 Å². The van der Waals surface area contributed by atoms with Gasteiger partial charge < -0.3 is 9.47 Å². The topological polar surface area (TPSA) is 52.6 Å². The maximum Gasteiger partial charge on any atom is 0.320 e. The largest absolute Gasteiger partial charge is 0.468 e. The van der Waals surface area contributed by atoms with E-state index < -0.39 is 17.9 Å². The number of methoxy groups -OCH3 is 2. The van der Waals surface area contributed by atoms with Crippen LogP contribution in [0.15, 0.2) is 53.4 Å². The van der Waals surface area contributed by atoms with Crippen LogP contribution in [-0.2, 0) is 19.1 Å². The Morgan fingerprint density at radius 3 is 2.00 bits per heavy atom. The molecule has 0 aromatic heterocycles. The van der Waals surface area contributed by atoms with Crippen molar-refractivity contribution < 1.29 is 19.1 Å². The van der Waals surface area contributed by atoms with Gasteiger partial charge in [0.25, 0.3) is 0 Å². The normalized spacial score (nSPS) is 11.9. The van der Waals surface area contributed by atoms with E-state index >= 15 is 0 Å². The summed E-state index contributed by atoms with van der Waals surface area (Å²) in [6.07, 6.45) is 0.274. The summed E-state index contributed by atoms with van der Waals surface area (Å²) in [5.74, 6) is -2.16. The van der Waals surface area contributed by atoms with Crippen molar-refractivity contribution in [1.82, 2.24) is 0 Å². The molecule has 0 aliphatic heterocycles. The molecule has 6 heteroatoms. The van der Waals surface area contributed by atoms with E-state index in [1.165, 1.54) is 14.2 Å². The molecule has 0 saturated heterocycles. The quantitative estimate of drug-likeness (QED) is 0.383. The molecule has 0 amide bonds. The van der Waals surface area contributed by atoms with Gasteiger partial charge in [-0.2, -0.15) is 0 Å². The fourth-order valence-corrected chi connectivity index (χ4v) is 3.83. The Morgan fingerprint density at radius 1 is 0.962 bits per heavy atom. The van der Waals surface area contributed by atoms with E-state index in [9.17, 15) is 9.59 Å². The zero-order valence-electron chi connectivity index (χ0n) is 14.9. The van der Waals surface area contributed by atoms with E-state index in [0.717, 1.165) is 16.0 Å². The molecule has 0 spiro atoms. The number of rotatable bonds is 7. The molecule has 2 rings (SSSR count). The highest BCUT2D eigenvalue weighted by Gasteiger charge is 2.32. The third kappa shape index (κ3) is 5.51. The summed E-state index contributed by atoms with van der Waals surface area (Å²) in [7, 11) is 2.54. The van der Waals surface area contributed by atoms with E-state index in [4.69, 9.17) is 21.1 Å². The van der Waals surface area contributed by atoms with E-state index in [-0.39, 0.29) is 11.7 Å². The van der Waals surface area contributed by atoms with Gasteiger partial charge in [-0.05, 0) is 43.2 Å². The molecule has 2 aromatic carbocycles. The number of benzene rings is 2. The Kier molecular flexibility index (Phi) is 7.54. The van der Waals surface area contributed by atoms with Gasteiger partial charge in [0, 0.05) is 15.2 Å². The molecule has 1 atom stereocenters. The van der Waals surface area contributed by atoms with E-state index in [1.807, 2.05) is 55.5 Å². The van der Waals surface area contributed by atoms with Gasteiger partial charge in [-0.15, -0.1) is 11.8 Å². The Hall–Kier alpha value is -1.98. The first-order valence-corrected chi connectivity index (χ1v) is 9.34. The highest BCUT2D eigenvalue weighted by atomic mass is 35.5. The minimum Gasteiger partial charge on any atom is -0.468 e. The summed E-state index contributed by atoms with van der Waals surface area (Å²) in [4.78, 5) is 25.2. The summed E-state index contributed by atoms with van der Waals surface area (Å²) in [6.45, 7) is 2.01. The maximum atomic E-state index is 12.1. The van der Waals surface area contributed by atoms with Crippen LogP contribution in [0.1, 0.15) is 22.8 Å². The number of halogens is 1. The lowest BCUT2D eigenvalue weighted by molar-refractivity contribution is -0.159. The summed E-state index contributed by atoms with van der Waals surface area (Å²) >= 11 is 7.52. The zero-order chi connectivity index (χ0) is 19.1. The number of hydrogen-bond donors (Lipinski definition) is 0. The zero-order valence-corrected chi connectivity index (χ0v) is 16.5. The Balaban J connectivity index is 2.32. The molecule has 0 heterocycles. The SMILES string of the molecule is COC(=O)C(CC(Sc1ccc(Cl)cc1)c1ccc(C)cc1)C(=O)OC. The van der Waals surface area contributed by atoms with Crippen molar-refractivity contribution in [2.24, 2.45) is 5.92 Å². The highest BCUT2D eigenvalue weighted by molar-refractivity contribution is 7.99. The van der Waals surface area contributed by atoms with E-state index in [1.54, 1.807) is 11.8 Å². The summed E-state index contributed by atoms with van der Waals surface area (Å²) in [5, 5.41) is 0.531. The van der Waals surface area contributed by atoms with Crippen LogP contribution in [0.25, 0.3) is 0 Å². The molecule has 138 valence electrons. The van der Waals surface area contributed by atoms with Crippen LogP contribution in [0.5, 0.6) is 0 Å². The standard InChI is InChI=1S/C20H21ClO4S/c1-13-4-6-14(7-5-13)18(26-16-10-8-15(21)9-11-16)12-17(19(22)24-2)20(23)25-3/h4-11,17-18H,12H2,1-3H3. The monoisotopic (exact) mass is 392 g/mol. The molecule has 0 aliphatic rings. The van der Waals surface area contributed by atoms with Crippen molar-refractivity contribution in [3.63, 3.8) is 0 Å². The van der Waals surface area contributed by atoms with Gasteiger partial charge in [-0.3, -0.25) is 9.59 Å². The van der Waals surface area contributed by atoms with Gasteiger partial charge in [0.15, 0.2) is 5.92 Å². The lowest BCUT2D eigenvalue weighted by Gasteiger charge is -2.21. The molecule has 1 unspecified atom stereocenters. The number of aryl methyl sites for hydroxylation is 1. The maximum absolute atomic E-state index is 12.1. The lowest BCUT2D eigenvalue weighted by Crippen LogP contribution is -2.27. The van der Waals surface area contributed by atoms with Gasteiger partial charge in [-0.25, -0.2) is 0 Å². The third-order valence-corrected chi connectivity index (χ3v) is 5.51. The fraction of sp³-hybridized carbons (Fsp3) is 0.300. The molecule has 0 aliphatic carbocycles. The number of hydrogen-bond acceptors (Lipinski definition) is 5. The first kappa shape index (κ1) is 20.3. The molecule has 2 aromatic rings. The van der Waals surface area contributed by atoms with Crippen molar-refractivity contribution in [2.75, 3.05) is 14.2 Å². The molecular formula is C20H21ClO4S. The fourth-order valence-electron chi connectivity index (χ4n) is 2.50. The molecule has 26 heavy (non-hydrogen) atoms. The number of carbonyl (C=O) groups excluding carboxylic acids is 2. The van der Waals surface area contributed by atoms with Crippen LogP contribution in [0.2, 0.25) is 5.02 Å². The molecule has 0 bridgehead atoms. The second-order valence-corrected chi connectivity index (χ2v) is 7.52. The number of ether oxygens (including phenoxy) is 2. The van der Waals surface area contributed by atoms with Crippen LogP contribution >= 0.6 is 23.4 Å². The van der Waals surface area contributed by atoms with Crippen molar-refractivity contribution in [1.29, 1.82) is 0 Å². The van der Waals surface area contributed by atoms with Crippen LogP contribution in [0.3, 0.4) is 0 Å². The van der Waals surface area contributed by atoms with Gasteiger partial charge in [0.1, 0.15) is 0 Å². The smallest absolute Gasteiger partial charge is 0.320 e. The molecule has 4 nitrogen and oxygen atoms in total. The first-order valence-electron chi connectivity index (χ1n) is 8.09. The van der Waals surface area contributed by atoms with Crippen molar-refractivity contribution >= 4 is 35.3 Å². The minimum absolute atomic E-state index is 0.125. The Labute approximate surface area is 162 Å². The van der Waals surface area contributed by atoms with Crippen LogP contribution in [0.4, 0.5) is 0 Å². The van der Waals surface area contributed by atoms with E-state index in [0.29, 0.717) is 5.02 Å². The summed E-state index contributed by atoms with van der Waals surface area (Å²) < 4.78 is 9.58. The molecule has 0 N–H and O–H groups in total. The summed E-state index contributed by atoms with van der Waals surface area (Å²) in [6, 6.07) is 15.5. The average Bonchev–Trinajstić information content (AvgIpc) is 2.66. The Morgan fingerprint density at radius 2 is 1.50 bits per heavy atom. The molecular weight excluding hydrogens is 372 g/mol. The first-order chi connectivity index (χ1) is 12.4. The summed E-state index contributed by atoms with van der Waals surface area (Å²) in [5.41, 5.74) is 2.16. The molecule has 0 fully saturated rings. The predicted molar refractivity (Wildman–Crippen MR) is 103 cm³/mol. The highest BCUT2D eigenvalue weighted by Crippen LogP contribution is 2.40. The average molecular weight is 393 g/mol.